The number of benzene rings is 7. The Bertz CT molecular complexity index is 4620. The third-order valence-electron chi connectivity index (χ3n) is 14.5. The summed E-state index contributed by atoms with van der Waals surface area (Å²) in [5.41, 5.74) is 14.3. The fourth-order valence-electron chi connectivity index (χ4n) is 11.3. The number of aromatic nitrogens is 14. The minimum Gasteiger partial charge on any atom is -0.309 e. The highest BCUT2D eigenvalue weighted by molar-refractivity contribution is 6.14. The lowest BCUT2D eigenvalue weighted by Gasteiger charge is -2.20. The Morgan fingerprint density at radius 3 is 1.06 bits per heavy atom. The summed E-state index contributed by atoms with van der Waals surface area (Å²) < 4.78 is 4.58. The van der Waals surface area contributed by atoms with Gasteiger partial charge in [-0.1, -0.05) is 24.3 Å². The van der Waals surface area contributed by atoms with Gasteiger partial charge in [-0.15, -0.1) is 0 Å². The molecule has 0 fully saturated rings. The smallest absolute Gasteiger partial charge is 0.188 e. The minimum atomic E-state index is 0.473. The van der Waals surface area contributed by atoms with Crippen molar-refractivity contribution in [3.05, 3.63) is 197 Å². The summed E-state index contributed by atoms with van der Waals surface area (Å²) in [6.07, 6.45) is 0. The van der Waals surface area contributed by atoms with Crippen molar-refractivity contribution in [1.29, 1.82) is 5.26 Å². The topological polar surface area (TPSA) is 193 Å². The molecule has 388 valence electrons. The van der Waals surface area contributed by atoms with E-state index in [0.717, 1.165) is 105 Å². The van der Waals surface area contributed by atoms with Gasteiger partial charge in [0.15, 0.2) is 29.0 Å². The van der Waals surface area contributed by atoms with E-state index in [2.05, 4.69) is 131 Å². The Labute approximate surface area is 465 Å². The zero-order chi connectivity index (χ0) is 56.0. The SMILES string of the molecule is [C-]#[N+]c1ccc(-n2c3ccc(-c4nc(C)nc(C)n4)cc3c3cc(-c4nc(C)nc(C)n4)ccc32)c(-c2ccc(-c3ccc(C#N)cc3C)cc2-n2c3ccc(-c4nc(C)nc(C)n4)cc3c3cc(-c4nc(C)nc(C)n4)ccc32)c1. The standard InChI is InChI=1S/C65H48N16/c1-33-25-42(32-66)11-18-49(33)43-12-19-50(61(30-43)81-58-22-15-46(64-76-38(6)70-39(7)77-64)28-53(58)54-29-47(16-23-59(54)81)65-78-40(8)71-41(9)79-65)55-31-48(67-10)17-24-60(55)80-56-20-13-44(62-72-34(2)68-35(3)73-62)26-51(56)52-27-45(14-21-57(52)80)63-74-36(4)69-37(5)75-63/h11-31H,1-9H3. The molecule has 7 aromatic carbocycles. The monoisotopic (exact) mass is 1050 g/mol. The van der Waals surface area contributed by atoms with Crippen molar-refractivity contribution in [2.24, 2.45) is 0 Å². The molecule has 16 nitrogen and oxygen atoms in total. The molecule has 13 rings (SSSR count). The molecule has 0 aliphatic rings. The number of fused-ring (bicyclic) bond motifs is 6. The van der Waals surface area contributed by atoms with E-state index in [9.17, 15) is 5.26 Å². The van der Waals surface area contributed by atoms with Gasteiger partial charge in [0, 0.05) is 49.4 Å². The lowest BCUT2D eigenvalue weighted by Crippen LogP contribution is -2.03. The maximum atomic E-state index is 9.93. The van der Waals surface area contributed by atoms with Crippen molar-refractivity contribution in [2.45, 2.75) is 62.3 Å². The summed E-state index contributed by atoms with van der Waals surface area (Å²) in [7, 11) is 0. The first-order valence-electron chi connectivity index (χ1n) is 26.3. The number of nitrogens with zero attached hydrogens (tertiary/aromatic N) is 16. The predicted octanol–water partition coefficient (Wildman–Crippen LogP) is 13.8. The van der Waals surface area contributed by atoms with E-state index in [1.165, 1.54) is 0 Å². The molecule has 0 aliphatic heterocycles. The molecule has 0 amide bonds. The molecule has 0 radical (unpaired) electrons. The molecule has 0 saturated heterocycles. The summed E-state index contributed by atoms with van der Waals surface area (Å²) in [5, 5.41) is 13.7. The third kappa shape index (κ3) is 8.81. The molecule has 0 N–H and O–H groups in total. The van der Waals surface area contributed by atoms with Crippen LogP contribution in [0, 0.1) is 80.2 Å². The summed E-state index contributed by atoms with van der Waals surface area (Å²) >= 11 is 0. The fraction of sp³-hybridized carbons (Fsp3) is 0.138. The van der Waals surface area contributed by atoms with E-state index in [0.29, 0.717) is 81.1 Å². The second-order valence-electron chi connectivity index (χ2n) is 20.3. The first-order chi connectivity index (χ1) is 39.2. The highest BCUT2D eigenvalue weighted by Gasteiger charge is 2.25. The number of aryl methyl sites for hydroxylation is 9. The highest BCUT2D eigenvalue weighted by Crippen LogP contribution is 2.45. The van der Waals surface area contributed by atoms with Crippen LogP contribution in [0.3, 0.4) is 0 Å². The van der Waals surface area contributed by atoms with Crippen LogP contribution >= 0.6 is 0 Å². The molecular weight excluding hydrogens is 1000 g/mol. The first-order valence-corrected chi connectivity index (χ1v) is 26.3. The number of hydrogen-bond donors (Lipinski definition) is 0. The van der Waals surface area contributed by atoms with Gasteiger partial charge in [0.05, 0.1) is 51.6 Å². The maximum Gasteiger partial charge on any atom is 0.188 e. The lowest BCUT2D eigenvalue weighted by atomic mass is 9.93. The molecule has 13 aromatic rings. The van der Waals surface area contributed by atoms with E-state index in [-0.39, 0.29) is 0 Å². The highest BCUT2D eigenvalue weighted by atomic mass is 15.1. The van der Waals surface area contributed by atoms with Gasteiger partial charge in [-0.2, -0.15) is 5.26 Å². The molecule has 81 heavy (non-hydrogen) atoms. The van der Waals surface area contributed by atoms with E-state index in [1.54, 1.807) is 0 Å². The Kier molecular flexibility index (Phi) is 11.8. The maximum absolute atomic E-state index is 9.93. The largest absolute Gasteiger partial charge is 0.309 e. The zero-order valence-electron chi connectivity index (χ0n) is 45.8. The summed E-state index contributed by atoms with van der Waals surface area (Å²) in [6, 6.07) is 45.8. The molecule has 0 saturated carbocycles. The van der Waals surface area contributed by atoms with Gasteiger partial charge < -0.3 is 9.13 Å². The van der Waals surface area contributed by atoms with Crippen molar-refractivity contribution in [3.63, 3.8) is 0 Å². The van der Waals surface area contributed by atoms with E-state index in [4.69, 9.17) is 46.4 Å². The quantitative estimate of drug-likeness (QED) is 0.131. The van der Waals surface area contributed by atoms with Crippen LogP contribution in [-0.4, -0.2) is 68.9 Å². The van der Waals surface area contributed by atoms with E-state index in [1.807, 2.05) is 98.7 Å². The van der Waals surface area contributed by atoms with Gasteiger partial charge in [-0.05, 0) is 188 Å². The second-order valence-corrected chi connectivity index (χ2v) is 20.3. The normalized spacial score (nSPS) is 11.5. The number of rotatable bonds is 8. The van der Waals surface area contributed by atoms with Crippen LogP contribution in [0.5, 0.6) is 0 Å². The van der Waals surface area contributed by atoms with E-state index >= 15 is 0 Å². The predicted molar refractivity (Wildman–Crippen MR) is 315 cm³/mol. The van der Waals surface area contributed by atoms with Crippen LogP contribution in [0.1, 0.15) is 57.7 Å². The van der Waals surface area contributed by atoms with E-state index < -0.39 is 0 Å². The van der Waals surface area contributed by atoms with Crippen LogP contribution in [0.25, 0.3) is 128 Å². The minimum absolute atomic E-state index is 0.473. The van der Waals surface area contributed by atoms with Gasteiger partial charge in [0.25, 0.3) is 0 Å². The Morgan fingerprint density at radius 1 is 0.346 bits per heavy atom. The van der Waals surface area contributed by atoms with Crippen molar-refractivity contribution in [3.8, 4) is 85.2 Å². The third-order valence-corrected chi connectivity index (χ3v) is 14.5. The van der Waals surface area contributed by atoms with Gasteiger partial charge in [-0.3, -0.25) is 0 Å². The molecule has 0 bridgehead atoms. The first kappa shape index (κ1) is 49.7. The fourth-order valence-corrected chi connectivity index (χ4v) is 11.3. The second kappa shape index (κ2) is 19.3. The summed E-state index contributed by atoms with van der Waals surface area (Å²) in [5.74, 6) is 7.35. The molecule has 16 heteroatoms. The van der Waals surface area contributed by atoms with Crippen molar-refractivity contribution < 1.29 is 0 Å². The Balaban J connectivity index is 1.12. The van der Waals surface area contributed by atoms with Gasteiger partial charge >= 0.3 is 0 Å². The van der Waals surface area contributed by atoms with Gasteiger partial charge in [0.1, 0.15) is 46.6 Å². The zero-order valence-corrected chi connectivity index (χ0v) is 45.8. The summed E-state index contributed by atoms with van der Waals surface area (Å²) in [6.45, 7) is 25.5. The van der Waals surface area contributed by atoms with Crippen molar-refractivity contribution in [1.82, 2.24) is 68.9 Å². The summed E-state index contributed by atoms with van der Waals surface area (Å²) in [4.78, 5) is 60.2. The Morgan fingerprint density at radius 2 is 0.704 bits per heavy atom. The van der Waals surface area contributed by atoms with Gasteiger partial charge in [-0.25, -0.2) is 64.7 Å². The van der Waals surface area contributed by atoms with Crippen molar-refractivity contribution >= 4 is 49.3 Å². The van der Waals surface area contributed by atoms with Crippen LogP contribution in [0.4, 0.5) is 5.69 Å². The average molecular weight is 1050 g/mol. The van der Waals surface area contributed by atoms with Crippen LogP contribution in [0.15, 0.2) is 127 Å². The number of nitriles is 1. The molecule has 0 spiro atoms. The van der Waals surface area contributed by atoms with Gasteiger partial charge in [0.2, 0.25) is 0 Å². The molecule has 6 heterocycles. The molecule has 0 unspecified atom stereocenters. The number of hydrogen-bond acceptors (Lipinski definition) is 13. The van der Waals surface area contributed by atoms with Crippen LogP contribution in [0.2, 0.25) is 0 Å². The molecular formula is C65H48N16. The Hall–Kier alpha value is -10.8. The average Bonchev–Trinajstić information content (AvgIpc) is 3.58. The molecule has 6 aromatic heterocycles. The van der Waals surface area contributed by atoms with Crippen LogP contribution < -0.4 is 0 Å². The van der Waals surface area contributed by atoms with Crippen molar-refractivity contribution in [2.75, 3.05) is 0 Å². The molecule has 0 atom stereocenters. The molecule has 0 aliphatic carbocycles. The lowest BCUT2D eigenvalue weighted by molar-refractivity contribution is 0.928. The van der Waals surface area contributed by atoms with Crippen LogP contribution in [-0.2, 0) is 0 Å².